The maximum absolute atomic E-state index is 10.7. The van der Waals surface area contributed by atoms with Crippen LogP contribution in [0.4, 0.5) is 0 Å². The van der Waals surface area contributed by atoms with Crippen molar-refractivity contribution in [1.29, 1.82) is 0 Å². The normalized spacial score (nSPS) is 21.5. The van der Waals surface area contributed by atoms with Gasteiger partial charge in [0, 0.05) is 17.9 Å². The van der Waals surface area contributed by atoms with Crippen LogP contribution in [0, 0.1) is 5.92 Å². The number of hydrogen-bond donors (Lipinski definition) is 1. The number of hydrogen-bond acceptors (Lipinski definition) is 3. The van der Waals surface area contributed by atoms with Crippen molar-refractivity contribution in [1.82, 2.24) is 0 Å². The summed E-state index contributed by atoms with van der Waals surface area (Å²) in [6, 6.07) is 24.9. The van der Waals surface area contributed by atoms with Gasteiger partial charge in [-0.25, -0.2) is 0 Å². The standard InChI is InChI=1S/C27H28O4/c28-25(29)18-7-2-1-4-14-22-19-30-27(31-26(22)21-12-5-3-6-13-21)24-17-10-15-20-11-8-9-16-23(20)24/h1,3-6,8-13,15-17,22,26-27H,2,7,14,18-19H2,(H,28,29)/b4-1-. The molecule has 4 rings (SSSR count). The number of benzene rings is 3. The van der Waals surface area contributed by atoms with Crippen LogP contribution in [0.25, 0.3) is 10.8 Å². The minimum absolute atomic E-state index is 0.0670. The van der Waals surface area contributed by atoms with Gasteiger partial charge in [-0.2, -0.15) is 0 Å². The molecule has 1 N–H and O–H groups in total. The number of fused-ring (bicyclic) bond motifs is 1. The van der Waals surface area contributed by atoms with Gasteiger partial charge >= 0.3 is 5.97 Å². The third kappa shape index (κ3) is 5.40. The van der Waals surface area contributed by atoms with Crippen molar-refractivity contribution in [3.05, 3.63) is 96.1 Å². The Morgan fingerprint density at radius 1 is 0.968 bits per heavy atom. The van der Waals surface area contributed by atoms with Gasteiger partial charge in [-0.1, -0.05) is 84.9 Å². The zero-order valence-corrected chi connectivity index (χ0v) is 17.5. The monoisotopic (exact) mass is 416 g/mol. The first-order valence-electron chi connectivity index (χ1n) is 10.9. The average Bonchev–Trinajstić information content (AvgIpc) is 2.81. The minimum atomic E-state index is -0.744. The summed E-state index contributed by atoms with van der Waals surface area (Å²) < 4.78 is 12.8. The number of ether oxygens (including phenoxy) is 2. The van der Waals surface area contributed by atoms with Gasteiger partial charge in [0.15, 0.2) is 6.29 Å². The molecule has 0 aromatic heterocycles. The Morgan fingerprint density at radius 2 is 1.74 bits per heavy atom. The van der Waals surface area contributed by atoms with Crippen LogP contribution in [0.1, 0.15) is 49.2 Å². The summed E-state index contributed by atoms with van der Waals surface area (Å²) in [6.45, 7) is 0.604. The summed E-state index contributed by atoms with van der Waals surface area (Å²) in [5, 5.41) is 11.1. The molecular weight excluding hydrogens is 388 g/mol. The molecule has 4 nitrogen and oxygen atoms in total. The van der Waals surface area contributed by atoms with Crippen LogP contribution in [0.5, 0.6) is 0 Å². The zero-order chi connectivity index (χ0) is 21.5. The third-order valence-electron chi connectivity index (χ3n) is 5.73. The fourth-order valence-electron chi connectivity index (χ4n) is 4.15. The predicted octanol–water partition coefficient (Wildman–Crippen LogP) is 6.44. The molecule has 0 radical (unpaired) electrons. The predicted molar refractivity (Wildman–Crippen MR) is 122 cm³/mol. The molecule has 0 spiro atoms. The van der Waals surface area contributed by atoms with E-state index in [9.17, 15) is 4.79 Å². The van der Waals surface area contributed by atoms with Gasteiger partial charge in [0.25, 0.3) is 0 Å². The molecule has 1 saturated heterocycles. The molecule has 0 saturated carbocycles. The Bertz CT molecular complexity index is 1020. The van der Waals surface area contributed by atoms with E-state index < -0.39 is 12.3 Å². The second-order valence-corrected chi connectivity index (χ2v) is 7.95. The number of carboxylic acids is 1. The van der Waals surface area contributed by atoms with Crippen LogP contribution < -0.4 is 0 Å². The SMILES string of the molecule is O=C(O)CCC/C=C\CC1COC(c2cccc3ccccc23)OC1c1ccccc1. The van der Waals surface area contributed by atoms with Gasteiger partial charge in [0.05, 0.1) is 12.7 Å². The fraction of sp³-hybridized carbons (Fsp3) is 0.296. The zero-order valence-electron chi connectivity index (χ0n) is 17.5. The van der Waals surface area contributed by atoms with E-state index in [1.54, 1.807) is 0 Å². The number of aliphatic carboxylic acids is 1. The molecule has 1 aliphatic rings. The Kier molecular flexibility index (Phi) is 7.13. The van der Waals surface area contributed by atoms with Crippen molar-refractivity contribution in [2.75, 3.05) is 6.61 Å². The van der Waals surface area contributed by atoms with E-state index in [-0.39, 0.29) is 18.4 Å². The fourth-order valence-corrected chi connectivity index (χ4v) is 4.15. The maximum atomic E-state index is 10.7. The summed E-state index contributed by atoms with van der Waals surface area (Å²) in [6.07, 6.45) is 6.20. The molecule has 0 amide bonds. The molecule has 3 unspecified atom stereocenters. The lowest BCUT2D eigenvalue weighted by Crippen LogP contribution is -2.30. The second kappa shape index (κ2) is 10.4. The van der Waals surface area contributed by atoms with E-state index in [2.05, 4.69) is 48.6 Å². The van der Waals surface area contributed by atoms with Gasteiger partial charge in [0.2, 0.25) is 0 Å². The first-order valence-corrected chi connectivity index (χ1v) is 10.9. The van der Waals surface area contributed by atoms with Crippen molar-refractivity contribution in [2.45, 2.75) is 38.1 Å². The highest BCUT2D eigenvalue weighted by atomic mass is 16.7. The Hall–Kier alpha value is -2.95. The van der Waals surface area contributed by atoms with Crippen molar-refractivity contribution in [2.24, 2.45) is 5.92 Å². The Balaban J connectivity index is 1.50. The summed E-state index contributed by atoms with van der Waals surface area (Å²) in [5.41, 5.74) is 2.21. The average molecular weight is 417 g/mol. The van der Waals surface area contributed by atoms with E-state index in [4.69, 9.17) is 14.6 Å². The summed E-state index contributed by atoms with van der Waals surface area (Å²) >= 11 is 0. The van der Waals surface area contributed by atoms with E-state index in [0.29, 0.717) is 13.0 Å². The van der Waals surface area contributed by atoms with E-state index in [1.807, 2.05) is 36.4 Å². The molecule has 3 aromatic carbocycles. The number of unbranched alkanes of at least 4 members (excludes halogenated alkanes) is 1. The second-order valence-electron chi connectivity index (χ2n) is 7.95. The van der Waals surface area contributed by atoms with Gasteiger partial charge < -0.3 is 14.6 Å². The van der Waals surface area contributed by atoms with Crippen LogP contribution >= 0.6 is 0 Å². The molecule has 160 valence electrons. The lowest BCUT2D eigenvalue weighted by molar-refractivity contribution is -0.243. The van der Waals surface area contributed by atoms with Crippen LogP contribution in [-0.2, 0) is 14.3 Å². The van der Waals surface area contributed by atoms with Crippen LogP contribution in [-0.4, -0.2) is 17.7 Å². The number of allylic oxidation sites excluding steroid dienone is 2. The van der Waals surface area contributed by atoms with Crippen LogP contribution in [0.2, 0.25) is 0 Å². The molecule has 1 heterocycles. The number of rotatable bonds is 8. The molecule has 31 heavy (non-hydrogen) atoms. The van der Waals surface area contributed by atoms with Crippen LogP contribution in [0.3, 0.4) is 0 Å². The molecule has 3 atom stereocenters. The number of carbonyl (C=O) groups is 1. The van der Waals surface area contributed by atoms with Crippen molar-refractivity contribution >= 4 is 16.7 Å². The topological polar surface area (TPSA) is 55.8 Å². The van der Waals surface area contributed by atoms with E-state index in [0.717, 1.165) is 29.4 Å². The highest BCUT2D eigenvalue weighted by Crippen LogP contribution is 2.41. The summed E-state index contributed by atoms with van der Waals surface area (Å²) in [7, 11) is 0. The van der Waals surface area contributed by atoms with Gasteiger partial charge in [0.1, 0.15) is 0 Å². The summed E-state index contributed by atoms with van der Waals surface area (Å²) in [4.78, 5) is 10.7. The Labute approximate surface area is 183 Å². The van der Waals surface area contributed by atoms with E-state index in [1.165, 1.54) is 5.39 Å². The third-order valence-corrected chi connectivity index (χ3v) is 5.73. The van der Waals surface area contributed by atoms with E-state index >= 15 is 0 Å². The molecule has 0 aliphatic carbocycles. The maximum Gasteiger partial charge on any atom is 0.303 e. The minimum Gasteiger partial charge on any atom is -0.481 e. The molecule has 4 heteroatoms. The first-order chi connectivity index (χ1) is 15.2. The quantitative estimate of drug-likeness (QED) is 0.339. The highest BCUT2D eigenvalue weighted by Gasteiger charge is 2.33. The molecule has 1 fully saturated rings. The van der Waals surface area contributed by atoms with Crippen LogP contribution in [0.15, 0.2) is 84.9 Å². The van der Waals surface area contributed by atoms with Crippen molar-refractivity contribution in [3.8, 4) is 0 Å². The molecule has 1 aliphatic heterocycles. The molecule has 3 aromatic rings. The van der Waals surface area contributed by atoms with Crippen molar-refractivity contribution < 1.29 is 19.4 Å². The summed E-state index contributed by atoms with van der Waals surface area (Å²) in [5.74, 6) is -0.546. The highest BCUT2D eigenvalue weighted by molar-refractivity contribution is 5.85. The molecule has 0 bridgehead atoms. The largest absolute Gasteiger partial charge is 0.481 e. The van der Waals surface area contributed by atoms with Crippen molar-refractivity contribution in [3.63, 3.8) is 0 Å². The lowest BCUT2D eigenvalue weighted by Gasteiger charge is -2.37. The first kappa shape index (κ1) is 21.3. The number of carboxylic acid groups (broad SMARTS) is 1. The smallest absolute Gasteiger partial charge is 0.303 e. The van der Waals surface area contributed by atoms with Gasteiger partial charge in [-0.3, -0.25) is 4.79 Å². The van der Waals surface area contributed by atoms with Gasteiger partial charge in [-0.15, -0.1) is 0 Å². The van der Waals surface area contributed by atoms with Gasteiger partial charge in [-0.05, 0) is 35.6 Å². The lowest BCUT2D eigenvalue weighted by atomic mass is 9.91. The Morgan fingerprint density at radius 3 is 2.58 bits per heavy atom. The molecular formula is C27H28O4.